The van der Waals surface area contributed by atoms with Crippen molar-refractivity contribution in [3.8, 4) is 11.5 Å². The quantitative estimate of drug-likeness (QED) is 0.419. The van der Waals surface area contributed by atoms with Gasteiger partial charge < -0.3 is 29.4 Å². The molecule has 2 aromatic rings. The van der Waals surface area contributed by atoms with E-state index in [2.05, 4.69) is 5.32 Å². The highest BCUT2D eigenvalue weighted by molar-refractivity contribution is 7.89. The molecule has 5 rings (SSSR count). The van der Waals surface area contributed by atoms with Crippen molar-refractivity contribution >= 4 is 16.1 Å². The maximum atomic E-state index is 13.7. The van der Waals surface area contributed by atoms with Crippen LogP contribution >= 0.6 is 0 Å². The van der Waals surface area contributed by atoms with E-state index >= 15 is 0 Å². The third-order valence-electron chi connectivity index (χ3n) is 7.69. The topological polar surface area (TPSA) is 124 Å². The lowest BCUT2D eigenvalue weighted by molar-refractivity contribution is 0.0554. The van der Waals surface area contributed by atoms with E-state index in [4.69, 9.17) is 18.9 Å². The lowest BCUT2D eigenvalue weighted by atomic mass is 10.0. The number of sulfonamides is 1. The number of carbonyl (C=O) groups is 1. The van der Waals surface area contributed by atoms with Crippen LogP contribution in [0, 0.1) is 11.8 Å². The SMILES string of the molecule is CC(C)CN(C[C@@H](O)[C@H](Cc1ccccc1)NC(=O)O[C@@H]1CC2CCO[C@@H]2C1)S(=O)(=O)c1ccc2c(c1)OCO2. The summed E-state index contributed by atoms with van der Waals surface area (Å²) in [6, 6.07) is 13.1. The first-order valence-corrected chi connectivity index (χ1v) is 15.3. The molecule has 1 aliphatic carbocycles. The number of alkyl carbamates (subject to hydrolysis) is 1. The van der Waals surface area contributed by atoms with Gasteiger partial charge in [0.25, 0.3) is 0 Å². The Kier molecular flexibility index (Phi) is 8.84. The number of fused-ring (bicyclic) bond motifs is 2. The molecule has 0 bridgehead atoms. The molecular formula is C29H38N2O8S. The zero-order valence-electron chi connectivity index (χ0n) is 22.9. The van der Waals surface area contributed by atoms with Gasteiger partial charge in [-0.15, -0.1) is 0 Å². The molecule has 1 saturated carbocycles. The molecule has 11 heteroatoms. The van der Waals surface area contributed by atoms with Crippen molar-refractivity contribution in [3.63, 3.8) is 0 Å². The molecule has 2 N–H and O–H groups in total. The second-order valence-corrected chi connectivity index (χ2v) is 13.1. The van der Waals surface area contributed by atoms with E-state index in [9.17, 15) is 18.3 Å². The molecular weight excluding hydrogens is 536 g/mol. The summed E-state index contributed by atoms with van der Waals surface area (Å²) in [6.45, 7) is 4.57. The maximum absolute atomic E-state index is 13.7. The highest BCUT2D eigenvalue weighted by Gasteiger charge is 2.40. The lowest BCUT2D eigenvalue weighted by Gasteiger charge is -2.31. The Labute approximate surface area is 235 Å². The van der Waals surface area contributed by atoms with E-state index in [1.54, 1.807) is 6.07 Å². The number of hydrogen-bond donors (Lipinski definition) is 2. The zero-order valence-corrected chi connectivity index (χ0v) is 23.7. The van der Waals surface area contributed by atoms with Gasteiger partial charge in [-0.25, -0.2) is 13.2 Å². The van der Waals surface area contributed by atoms with Gasteiger partial charge in [-0.1, -0.05) is 44.2 Å². The summed E-state index contributed by atoms with van der Waals surface area (Å²) in [6.07, 6.45) is 0.768. The second-order valence-electron chi connectivity index (χ2n) is 11.2. The first-order chi connectivity index (χ1) is 19.2. The van der Waals surface area contributed by atoms with Crippen LogP contribution in [0.25, 0.3) is 0 Å². The third kappa shape index (κ3) is 6.71. The van der Waals surface area contributed by atoms with Crippen molar-refractivity contribution in [2.45, 2.75) is 68.8 Å². The predicted octanol–water partition coefficient (Wildman–Crippen LogP) is 3.33. The van der Waals surface area contributed by atoms with Gasteiger partial charge >= 0.3 is 6.09 Å². The summed E-state index contributed by atoms with van der Waals surface area (Å²) in [5.41, 5.74) is 0.893. The van der Waals surface area contributed by atoms with Gasteiger partial charge in [-0.05, 0) is 48.8 Å². The van der Waals surface area contributed by atoms with Gasteiger partial charge in [0.05, 0.1) is 23.1 Å². The number of amides is 1. The number of rotatable bonds is 11. The Balaban J connectivity index is 1.31. The van der Waals surface area contributed by atoms with Crippen LogP contribution in [0.2, 0.25) is 0 Å². The zero-order chi connectivity index (χ0) is 28.3. The summed E-state index contributed by atoms with van der Waals surface area (Å²) >= 11 is 0. The molecule has 0 spiro atoms. The Morgan fingerprint density at radius 1 is 1.10 bits per heavy atom. The largest absolute Gasteiger partial charge is 0.454 e. The van der Waals surface area contributed by atoms with Crippen LogP contribution in [0.4, 0.5) is 4.79 Å². The van der Waals surface area contributed by atoms with E-state index in [-0.39, 0.29) is 42.9 Å². The van der Waals surface area contributed by atoms with E-state index in [1.165, 1.54) is 16.4 Å². The Hall–Kier alpha value is -2.86. The van der Waals surface area contributed by atoms with Crippen LogP contribution in [0.1, 0.15) is 38.7 Å². The predicted molar refractivity (Wildman–Crippen MR) is 147 cm³/mol. The van der Waals surface area contributed by atoms with Crippen LogP contribution in [-0.4, -0.2) is 74.8 Å². The molecule has 1 unspecified atom stereocenters. The summed E-state index contributed by atoms with van der Waals surface area (Å²) in [7, 11) is -4.00. The van der Waals surface area contributed by atoms with Gasteiger partial charge in [0.15, 0.2) is 11.5 Å². The first-order valence-electron chi connectivity index (χ1n) is 13.9. The van der Waals surface area contributed by atoms with Crippen LogP contribution < -0.4 is 14.8 Å². The Bertz CT molecular complexity index is 1260. The monoisotopic (exact) mass is 574 g/mol. The fourth-order valence-corrected chi connectivity index (χ4v) is 7.34. The van der Waals surface area contributed by atoms with Crippen molar-refractivity contribution in [2.24, 2.45) is 11.8 Å². The average molecular weight is 575 g/mol. The normalized spacial score (nSPS) is 23.3. The fourth-order valence-electron chi connectivity index (χ4n) is 5.70. The lowest BCUT2D eigenvalue weighted by Crippen LogP contribution is -2.51. The fraction of sp³-hybridized carbons (Fsp3) is 0.552. The summed E-state index contributed by atoms with van der Waals surface area (Å²) in [5, 5.41) is 14.3. The van der Waals surface area contributed by atoms with Gasteiger partial charge in [0, 0.05) is 32.2 Å². The van der Waals surface area contributed by atoms with Gasteiger partial charge in [0.1, 0.15) is 6.10 Å². The van der Waals surface area contributed by atoms with Crippen LogP contribution in [0.3, 0.4) is 0 Å². The molecule has 3 aliphatic rings. The molecule has 2 aromatic carbocycles. The molecule has 1 saturated heterocycles. The van der Waals surface area contributed by atoms with E-state index in [0.717, 1.165) is 25.0 Å². The molecule has 0 radical (unpaired) electrons. The van der Waals surface area contributed by atoms with Crippen LogP contribution in [0.5, 0.6) is 11.5 Å². The minimum Gasteiger partial charge on any atom is -0.454 e. The van der Waals surface area contributed by atoms with Crippen molar-refractivity contribution in [1.82, 2.24) is 9.62 Å². The molecule has 40 heavy (non-hydrogen) atoms. The van der Waals surface area contributed by atoms with E-state index in [0.29, 0.717) is 30.3 Å². The van der Waals surface area contributed by atoms with Gasteiger partial charge in [0.2, 0.25) is 16.8 Å². The number of nitrogens with zero attached hydrogens (tertiary/aromatic N) is 1. The molecule has 5 atom stereocenters. The Morgan fingerprint density at radius 3 is 2.62 bits per heavy atom. The summed E-state index contributed by atoms with van der Waals surface area (Å²) in [4.78, 5) is 13.0. The molecule has 2 fully saturated rings. The molecule has 1 amide bonds. The number of aliphatic hydroxyl groups excluding tert-OH is 1. The molecule has 0 aromatic heterocycles. The minimum atomic E-state index is -4.00. The average Bonchev–Trinajstić information content (AvgIpc) is 3.64. The highest BCUT2D eigenvalue weighted by atomic mass is 32.2. The number of nitrogens with one attached hydrogen (secondary N) is 1. The molecule has 2 aliphatic heterocycles. The highest BCUT2D eigenvalue weighted by Crippen LogP contribution is 2.37. The molecule has 218 valence electrons. The molecule has 2 heterocycles. The summed E-state index contributed by atoms with van der Waals surface area (Å²) < 4.78 is 50.9. The van der Waals surface area contributed by atoms with Crippen molar-refractivity contribution < 1.29 is 37.3 Å². The maximum Gasteiger partial charge on any atom is 0.407 e. The second kappa shape index (κ2) is 12.3. The summed E-state index contributed by atoms with van der Waals surface area (Å²) in [5.74, 6) is 1.25. The number of carbonyl (C=O) groups excluding carboxylic acids is 1. The van der Waals surface area contributed by atoms with Crippen LogP contribution in [0.15, 0.2) is 53.4 Å². The van der Waals surface area contributed by atoms with Crippen molar-refractivity contribution in [1.29, 1.82) is 0 Å². The van der Waals surface area contributed by atoms with E-state index in [1.807, 2.05) is 44.2 Å². The molecule has 10 nitrogen and oxygen atoms in total. The van der Waals surface area contributed by atoms with Crippen LogP contribution in [-0.2, 0) is 25.9 Å². The number of aliphatic hydroxyl groups is 1. The Morgan fingerprint density at radius 2 is 1.88 bits per heavy atom. The van der Waals surface area contributed by atoms with E-state index < -0.39 is 28.3 Å². The van der Waals surface area contributed by atoms with Gasteiger partial charge in [-0.2, -0.15) is 4.31 Å². The minimum absolute atomic E-state index is 0.00878. The van der Waals surface area contributed by atoms with Crippen molar-refractivity contribution in [2.75, 3.05) is 26.5 Å². The first kappa shape index (κ1) is 28.7. The number of benzene rings is 2. The third-order valence-corrected chi connectivity index (χ3v) is 9.52. The van der Waals surface area contributed by atoms with Gasteiger partial charge in [-0.3, -0.25) is 0 Å². The smallest absolute Gasteiger partial charge is 0.407 e. The standard InChI is InChI=1S/C29H38N2O8S/c1-19(2)16-31(40(34,35)23-8-9-26-28(15-23)38-18-37-26)17-25(32)24(12-20-6-4-3-5-7-20)30-29(33)39-22-13-21-10-11-36-27(21)14-22/h3-9,15,19,21-22,24-25,27,32H,10-14,16-18H2,1-2H3,(H,30,33)/t21?,22-,24+,25-,27-/m1/s1. The van der Waals surface area contributed by atoms with Crippen molar-refractivity contribution in [3.05, 3.63) is 54.1 Å². The number of hydrogen-bond acceptors (Lipinski definition) is 8. The number of ether oxygens (including phenoxy) is 4.